The van der Waals surface area contributed by atoms with Crippen LogP contribution in [0.4, 0.5) is 0 Å². The molecule has 0 unspecified atom stereocenters. The minimum absolute atomic E-state index is 0.247. The Labute approximate surface area is 171 Å². The number of hydrogen-bond donors (Lipinski definition) is 0. The first-order valence-electron chi connectivity index (χ1n) is 8.66. The summed E-state index contributed by atoms with van der Waals surface area (Å²) in [6, 6.07) is 15.6. The summed E-state index contributed by atoms with van der Waals surface area (Å²) < 4.78 is 6.26. The zero-order chi connectivity index (χ0) is 18.9. The minimum atomic E-state index is -0.339. The van der Waals surface area contributed by atoms with Gasteiger partial charge in [0.05, 0.1) is 34.4 Å². The zero-order valence-corrected chi connectivity index (χ0v) is 17.2. The highest BCUT2D eigenvalue weighted by Crippen LogP contribution is 2.50. The van der Waals surface area contributed by atoms with Gasteiger partial charge < -0.3 is 4.74 Å². The number of Topliss-reactive ketones (excluding diaryl/α,β-unsaturated/α-hetero) is 1. The van der Waals surface area contributed by atoms with Crippen LogP contribution in [0.25, 0.3) is 0 Å². The van der Waals surface area contributed by atoms with Gasteiger partial charge in [0, 0.05) is 4.90 Å². The van der Waals surface area contributed by atoms with E-state index in [1.165, 1.54) is 0 Å². The van der Waals surface area contributed by atoms with Gasteiger partial charge in [0.25, 0.3) is 0 Å². The average Bonchev–Trinajstić information content (AvgIpc) is 3.39. The number of ketones is 1. The van der Waals surface area contributed by atoms with E-state index in [4.69, 9.17) is 16.3 Å². The largest absolute Gasteiger partial charge is 0.497 e. The fourth-order valence-electron chi connectivity index (χ4n) is 3.13. The Bertz CT molecular complexity index is 964. The number of aromatic nitrogens is 1. The third kappa shape index (κ3) is 3.91. The summed E-state index contributed by atoms with van der Waals surface area (Å²) in [7, 11) is 1.65. The second kappa shape index (κ2) is 7.66. The maximum atomic E-state index is 13.0. The highest BCUT2D eigenvalue weighted by molar-refractivity contribution is 8.01. The topological polar surface area (TPSA) is 39.2 Å². The fraction of sp³-hybridized carbons (Fsp3) is 0.238. The standard InChI is InChI=1S/C21H18ClNO2S2/c1-25-15-8-6-14(7-9-15)21(10-11-21)18(24)12-19-23-13-20(27-19)26-17-5-3-2-4-16(17)22/h2-9,13H,10-12H2,1H3. The molecular formula is C21H18ClNO2S2. The quantitative estimate of drug-likeness (QED) is 0.488. The molecule has 0 bridgehead atoms. The molecular weight excluding hydrogens is 398 g/mol. The summed E-state index contributed by atoms with van der Waals surface area (Å²) in [4.78, 5) is 18.4. The number of ether oxygens (including phenoxy) is 1. The van der Waals surface area contributed by atoms with Crippen molar-refractivity contribution in [3.05, 3.63) is 70.3 Å². The van der Waals surface area contributed by atoms with Gasteiger partial charge in [-0.15, -0.1) is 11.3 Å². The molecule has 4 rings (SSSR count). The van der Waals surface area contributed by atoms with Crippen molar-refractivity contribution in [2.45, 2.75) is 33.8 Å². The third-order valence-corrected chi connectivity index (χ3v) is 7.43. The lowest BCUT2D eigenvalue weighted by Crippen LogP contribution is -2.22. The fourth-order valence-corrected chi connectivity index (χ4v) is 5.39. The first-order chi connectivity index (χ1) is 13.1. The van der Waals surface area contributed by atoms with Crippen molar-refractivity contribution in [3.8, 4) is 5.75 Å². The number of rotatable bonds is 7. The smallest absolute Gasteiger partial charge is 0.150 e. The van der Waals surface area contributed by atoms with E-state index < -0.39 is 0 Å². The summed E-state index contributed by atoms with van der Waals surface area (Å²) in [5.41, 5.74) is 0.740. The molecule has 0 spiro atoms. The molecule has 0 amide bonds. The van der Waals surface area contributed by atoms with E-state index in [-0.39, 0.29) is 11.2 Å². The molecule has 0 saturated heterocycles. The van der Waals surface area contributed by atoms with Gasteiger partial charge in [-0.2, -0.15) is 0 Å². The molecule has 2 aromatic carbocycles. The Balaban J connectivity index is 1.45. The predicted molar refractivity (Wildman–Crippen MR) is 110 cm³/mol. The molecule has 3 nitrogen and oxygen atoms in total. The number of methoxy groups -OCH3 is 1. The van der Waals surface area contributed by atoms with Crippen molar-refractivity contribution in [1.29, 1.82) is 0 Å². The Kier molecular flexibility index (Phi) is 5.26. The Morgan fingerprint density at radius 3 is 2.63 bits per heavy atom. The maximum absolute atomic E-state index is 13.0. The van der Waals surface area contributed by atoms with E-state index in [0.717, 1.165) is 43.3 Å². The molecule has 138 valence electrons. The van der Waals surface area contributed by atoms with Crippen LogP contribution in [0.1, 0.15) is 23.4 Å². The van der Waals surface area contributed by atoms with Gasteiger partial charge in [0.15, 0.2) is 0 Å². The molecule has 0 N–H and O–H groups in total. The molecule has 1 aliphatic carbocycles. The van der Waals surface area contributed by atoms with Crippen LogP contribution in [-0.4, -0.2) is 17.9 Å². The van der Waals surface area contributed by atoms with Crippen molar-refractivity contribution in [1.82, 2.24) is 4.98 Å². The van der Waals surface area contributed by atoms with Gasteiger partial charge in [0.2, 0.25) is 0 Å². The van der Waals surface area contributed by atoms with Crippen LogP contribution < -0.4 is 4.74 Å². The van der Waals surface area contributed by atoms with Crippen LogP contribution in [0.5, 0.6) is 5.75 Å². The average molecular weight is 416 g/mol. The Hall–Kier alpha value is -1.82. The van der Waals surface area contributed by atoms with Crippen LogP contribution in [0, 0.1) is 0 Å². The second-order valence-corrected chi connectivity index (χ2v) is 9.38. The summed E-state index contributed by atoms with van der Waals surface area (Å²) in [5.74, 6) is 1.06. The minimum Gasteiger partial charge on any atom is -0.497 e. The molecule has 0 radical (unpaired) electrons. The van der Waals surface area contributed by atoms with Gasteiger partial charge in [-0.25, -0.2) is 4.98 Å². The van der Waals surface area contributed by atoms with E-state index in [2.05, 4.69) is 4.98 Å². The number of carbonyl (C=O) groups excluding carboxylic acids is 1. The van der Waals surface area contributed by atoms with Crippen LogP contribution in [0.3, 0.4) is 0 Å². The first kappa shape index (κ1) is 18.5. The molecule has 1 aromatic heterocycles. The first-order valence-corrected chi connectivity index (χ1v) is 10.7. The predicted octanol–water partition coefficient (Wildman–Crippen LogP) is 5.80. The van der Waals surface area contributed by atoms with Gasteiger partial charge in [-0.1, -0.05) is 47.6 Å². The molecule has 3 aromatic rings. The summed E-state index contributed by atoms with van der Waals surface area (Å²) in [5, 5.41) is 1.58. The monoisotopic (exact) mass is 415 g/mol. The number of hydrogen-bond acceptors (Lipinski definition) is 5. The molecule has 1 aliphatic rings. The van der Waals surface area contributed by atoms with Crippen molar-refractivity contribution in [2.75, 3.05) is 7.11 Å². The Morgan fingerprint density at radius 1 is 1.22 bits per heavy atom. The maximum Gasteiger partial charge on any atom is 0.150 e. The third-order valence-electron chi connectivity index (χ3n) is 4.82. The molecule has 0 atom stereocenters. The Morgan fingerprint density at radius 2 is 1.96 bits per heavy atom. The summed E-state index contributed by atoms with van der Waals surface area (Å²) in [6.07, 6.45) is 4.02. The van der Waals surface area contributed by atoms with E-state index in [1.807, 2.05) is 54.7 Å². The van der Waals surface area contributed by atoms with Crippen molar-refractivity contribution in [3.63, 3.8) is 0 Å². The number of nitrogens with zero attached hydrogens (tertiary/aromatic N) is 1. The number of halogens is 1. The molecule has 0 aliphatic heterocycles. The van der Waals surface area contributed by atoms with E-state index in [1.54, 1.807) is 30.2 Å². The molecule has 6 heteroatoms. The van der Waals surface area contributed by atoms with Gasteiger partial charge >= 0.3 is 0 Å². The van der Waals surface area contributed by atoms with E-state index >= 15 is 0 Å². The van der Waals surface area contributed by atoms with Crippen LogP contribution in [0.2, 0.25) is 5.02 Å². The SMILES string of the molecule is COc1ccc(C2(C(=O)Cc3ncc(Sc4ccccc4Cl)s3)CC2)cc1. The normalized spacial score (nSPS) is 14.7. The van der Waals surface area contributed by atoms with Gasteiger partial charge in [0.1, 0.15) is 16.5 Å². The van der Waals surface area contributed by atoms with Crippen LogP contribution >= 0.6 is 34.7 Å². The lowest BCUT2D eigenvalue weighted by atomic mass is 9.90. The van der Waals surface area contributed by atoms with Crippen LogP contribution in [-0.2, 0) is 16.6 Å². The second-order valence-electron chi connectivity index (χ2n) is 6.52. The zero-order valence-electron chi connectivity index (χ0n) is 14.8. The van der Waals surface area contributed by atoms with Gasteiger partial charge in [-0.05, 0) is 42.7 Å². The van der Waals surface area contributed by atoms with Gasteiger partial charge in [-0.3, -0.25) is 4.79 Å². The summed E-state index contributed by atoms with van der Waals surface area (Å²) >= 11 is 9.37. The molecule has 1 heterocycles. The molecule has 1 saturated carbocycles. The molecule has 1 fully saturated rings. The lowest BCUT2D eigenvalue weighted by Gasteiger charge is -2.14. The van der Waals surface area contributed by atoms with Crippen molar-refractivity contribution in [2.24, 2.45) is 0 Å². The number of carbonyl (C=O) groups is 1. The van der Waals surface area contributed by atoms with Crippen molar-refractivity contribution < 1.29 is 9.53 Å². The number of benzene rings is 2. The van der Waals surface area contributed by atoms with E-state index in [0.29, 0.717) is 6.42 Å². The highest BCUT2D eigenvalue weighted by Gasteiger charge is 2.50. The summed E-state index contributed by atoms with van der Waals surface area (Å²) in [6.45, 7) is 0. The number of thiazole rings is 1. The van der Waals surface area contributed by atoms with E-state index in [9.17, 15) is 4.79 Å². The highest BCUT2D eigenvalue weighted by atomic mass is 35.5. The van der Waals surface area contributed by atoms with Crippen LogP contribution in [0.15, 0.2) is 63.8 Å². The molecule has 27 heavy (non-hydrogen) atoms. The lowest BCUT2D eigenvalue weighted by molar-refractivity contribution is -0.120. The van der Waals surface area contributed by atoms with Crippen molar-refractivity contribution >= 4 is 40.5 Å².